The van der Waals surface area contributed by atoms with E-state index in [4.69, 9.17) is 19.2 Å². The molecule has 11 nitrogen and oxygen atoms in total. The van der Waals surface area contributed by atoms with Crippen molar-refractivity contribution in [3.63, 3.8) is 0 Å². The van der Waals surface area contributed by atoms with Crippen LogP contribution in [-0.2, 0) is 9.47 Å². The van der Waals surface area contributed by atoms with E-state index in [0.29, 0.717) is 43.1 Å². The Hall–Kier alpha value is -3.88. The van der Waals surface area contributed by atoms with Crippen LogP contribution in [0, 0.1) is 11.3 Å². The summed E-state index contributed by atoms with van der Waals surface area (Å²) in [4.78, 5) is 21.6. The molecule has 2 saturated heterocycles. The Kier molecular flexibility index (Phi) is 6.86. The lowest BCUT2D eigenvalue weighted by Crippen LogP contribution is -2.66. The summed E-state index contributed by atoms with van der Waals surface area (Å²) in [6, 6.07) is 7.66. The van der Waals surface area contributed by atoms with E-state index in [9.17, 15) is 15.2 Å². The molecule has 0 aromatic carbocycles. The summed E-state index contributed by atoms with van der Waals surface area (Å²) in [5.74, 6) is 1.31. The maximum absolute atomic E-state index is 12.9. The van der Waals surface area contributed by atoms with Crippen LogP contribution in [0.25, 0.3) is 16.6 Å². The Morgan fingerprint density at radius 3 is 2.49 bits per heavy atom. The van der Waals surface area contributed by atoms with E-state index in [2.05, 4.69) is 16.1 Å². The van der Waals surface area contributed by atoms with Gasteiger partial charge in [-0.05, 0) is 52.8 Å². The Labute approximate surface area is 227 Å². The molecule has 3 aromatic rings. The highest BCUT2D eigenvalue weighted by Crippen LogP contribution is 2.33. The van der Waals surface area contributed by atoms with Gasteiger partial charge < -0.3 is 24.2 Å². The number of aromatic nitrogens is 3. The Bertz CT molecular complexity index is 1390. The number of fused-ring (bicyclic) bond motifs is 3. The summed E-state index contributed by atoms with van der Waals surface area (Å²) in [5.41, 5.74) is 1.07. The minimum absolute atomic E-state index is 0.100. The number of hydrogen-bond acceptors (Lipinski definition) is 9. The SMILES string of the molecule is CC(C)(O)COc1cc(-c2ccc(N3CC4COCC(C3)N4C(=O)OC(C)(C)C)nc2)c2c(C#N)cnn2c1. The molecule has 2 aliphatic rings. The van der Waals surface area contributed by atoms with E-state index in [0.717, 1.165) is 16.9 Å². The molecule has 5 heterocycles. The Morgan fingerprint density at radius 1 is 1.18 bits per heavy atom. The molecule has 0 radical (unpaired) electrons. The molecule has 5 rings (SSSR count). The zero-order valence-electron chi connectivity index (χ0n) is 22.9. The van der Waals surface area contributed by atoms with Crippen LogP contribution < -0.4 is 9.64 Å². The first-order valence-electron chi connectivity index (χ1n) is 13.0. The van der Waals surface area contributed by atoms with Crippen molar-refractivity contribution in [1.82, 2.24) is 19.5 Å². The molecule has 3 aromatic heterocycles. The lowest BCUT2D eigenvalue weighted by Gasteiger charge is -2.49. The van der Waals surface area contributed by atoms with Gasteiger partial charge in [0.2, 0.25) is 0 Å². The quantitative estimate of drug-likeness (QED) is 0.525. The van der Waals surface area contributed by atoms with Crippen molar-refractivity contribution >= 4 is 17.4 Å². The first kappa shape index (κ1) is 26.7. The minimum atomic E-state index is -1.00. The predicted molar refractivity (Wildman–Crippen MR) is 144 cm³/mol. The first-order valence-corrected chi connectivity index (χ1v) is 13.0. The molecule has 1 amide bonds. The molecule has 0 spiro atoms. The second kappa shape index (κ2) is 10.0. The van der Waals surface area contributed by atoms with Gasteiger partial charge in [0.25, 0.3) is 0 Å². The molecule has 39 heavy (non-hydrogen) atoms. The van der Waals surface area contributed by atoms with E-state index >= 15 is 0 Å². The standard InChI is InChI=1S/C28H34N6O5/c1-27(2,3)39-26(35)34-20-12-32(13-21(34)16-37-15-20)24-7-6-18(10-30-24)23-8-22(38-17-28(4,5)36)14-33-25(23)19(9-29)11-31-33/h6-8,10-11,14,20-21,36H,12-13,15-17H2,1-5H3. The van der Waals surface area contributed by atoms with Crippen molar-refractivity contribution in [2.24, 2.45) is 0 Å². The number of pyridine rings is 2. The Morgan fingerprint density at radius 2 is 1.90 bits per heavy atom. The second-order valence-corrected chi connectivity index (χ2v) is 11.7. The lowest BCUT2D eigenvalue weighted by molar-refractivity contribution is -0.0666. The van der Waals surface area contributed by atoms with Crippen molar-refractivity contribution in [2.45, 2.75) is 57.9 Å². The molecule has 2 bridgehead atoms. The molecule has 2 unspecified atom stereocenters. The van der Waals surface area contributed by atoms with Crippen LogP contribution in [0.15, 0.2) is 36.8 Å². The summed E-state index contributed by atoms with van der Waals surface area (Å²) in [6.07, 6.45) is 4.67. The average molecular weight is 535 g/mol. The van der Waals surface area contributed by atoms with Crippen LogP contribution in [-0.4, -0.2) is 86.9 Å². The zero-order chi connectivity index (χ0) is 27.9. The van der Waals surface area contributed by atoms with Crippen molar-refractivity contribution in [1.29, 1.82) is 5.26 Å². The Balaban J connectivity index is 1.40. The zero-order valence-corrected chi connectivity index (χ0v) is 22.9. The van der Waals surface area contributed by atoms with E-state index in [1.807, 2.05) is 43.9 Å². The van der Waals surface area contributed by atoms with Gasteiger partial charge in [-0.1, -0.05) is 0 Å². The normalized spacial score (nSPS) is 19.6. The monoisotopic (exact) mass is 534 g/mol. The van der Waals surface area contributed by atoms with Gasteiger partial charge in [0.1, 0.15) is 29.8 Å². The van der Waals surface area contributed by atoms with Crippen molar-refractivity contribution in [3.05, 3.63) is 42.4 Å². The molecule has 1 N–H and O–H groups in total. The maximum Gasteiger partial charge on any atom is 0.411 e. The van der Waals surface area contributed by atoms with Gasteiger partial charge in [0.05, 0.1) is 54.4 Å². The maximum atomic E-state index is 12.9. The highest BCUT2D eigenvalue weighted by atomic mass is 16.6. The number of carbonyl (C=O) groups is 1. The van der Waals surface area contributed by atoms with Crippen LogP contribution in [0.1, 0.15) is 40.2 Å². The fourth-order valence-corrected chi connectivity index (χ4v) is 4.93. The molecule has 2 atom stereocenters. The van der Waals surface area contributed by atoms with Crippen LogP contribution >= 0.6 is 0 Å². The fraction of sp³-hybridized carbons (Fsp3) is 0.500. The topological polar surface area (TPSA) is 125 Å². The third-order valence-corrected chi connectivity index (χ3v) is 6.56. The predicted octanol–water partition coefficient (Wildman–Crippen LogP) is 3.24. The molecule has 2 fully saturated rings. The molecule has 11 heteroatoms. The molecule has 2 aliphatic heterocycles. The van der Waals surface area contributed by atoms with Gasteiger partial charge in [0.15, 0.2) is 0 Å². The van der Waals surface area contributed by atoms with Crippen molar-refractivity contribution < 1.29 is 24.1 Å². The smallest absolute Gasteiger partial charge is 0.411 e. The van der Waals surface area contributed by atoms with Gasteiger partial charge in [-0.25, -0.2) is 14.3 Å². The van der Waals surface area contributed by atoms with Gasteiger partial charge >= 0.3 is 6.09 Å². The summed E-state index contributed by atoms with van der Waals surface area (Å²) in [6.45, 7) is 11.1. The van der Waals surface area contributed by atoms with Crippen LogP contribution in [0.4, 0.5) is 10.6 Å². The van der Waals surface area contributed by atoms with E-state index in [-0.39, 0.29) is 24.8 Å². The third-order valence-electron chi connectivity index (χ3n) is 6.56. The lowest BCUT2D eigenvalue weighted by atomic mass is 10.0. The summed E-state index contributed by atoms with van der Waals surface area (Å²) in [5, 5.41) is 24.1. The fourth-order valence-electron chi connectivity index (χ4n) is 4.93. The highest BCUT2D eigenvalue weighted by Gasteiger charge is 2.43. The summed E-state index contributed by atoms with van der Waals surface area (Å²) >= 11 is 0. The van der Waals surface area contributed by atoms with Gasteiger partial charge in [-0.3, -0.25) is 4.90 Å². The van der Waals surface area contributed by atoms with Crippen LogP contribution in [0.2, 0.25) is 0 Å². The van der Waals surface area contributed by atoms with E-state index < -0.39 is 11.2 Å². The number of anilines is 1. The number of amides is 1. The minimum Gasteiger partial charge on any atom is -0.489 e. The third kappa shape index (κ3) is 5.77. The van der Waals surface area contributed by atoms with Crippen LogP contribution in [0.3, 0.4) is 0 Å². The number of ether oxygens (including phenoxy) is 3. The number of rotatable bonds is 5. The molecular weight excluding hydrogens is 500 g/mol. The number of nitrogens with zero attached hydrogens (tertiary/aromatic N) is 6. The van der Waals surface area contributed by atoms with Gasteiger partial charge in [-0.2, -0.15) is 10.4 Å². The number of nitriles is 1. The highest BCUT2D eigenvalue weighted by molar-refractivity contribution is 5.85. The number of carbonyl (C=O) groups excluding carboxylic acids is 1. The second-order valence-electron chi connectivity index (χ2n) is 11.7. The first-order chi connectivity index (χ1) is 18.4. The molecule has 0 aliphatic carbocycles. The molecule has 0 saturated carbocycles. The molecule has 206 valence electrons. The van der Waals surface area contributed by atoms with Gasteiger partial charge in [0, 0.05) is 30.4 Å². The summed E-state index contributed by atoms with van der Waals surface area (Å²) < 4.78 is 18.8. The van der Waals surface area contributed by atoms with Gasteiger partial charge in [-0.15, -0.1) is 0 Å². The van der Waals surface area contributed by atoms with Crippen molar-refractivity contribution in [2.75, 3.05) is 37.8 Å². The van der Waals surface area contributed by atoms with Crippen molar-refractivity contribution in [3.8, 4) is 22.9 Å². The van der Waals surface area contributed by atoms with E-state index in [1.54, 1.807) is 30.8 Å². The molecular formula is C28H34N6O5. The number of piperazine rings is 1. The van der Waals surface area contributed by atoms with E-state index in [1.165, 1.54) is 6.20 Å². The number of morpholine rings is 1. The largest absolute Gasteiger partial charge is 0.489 e. The van der Waals surface area contributed by atoms with Crippen LogP contribution in [0.5, 0.6) is 5.75 Å². The number of hydrogen-bond donors (Lipinski definition) is 1. The average Bonchev–Trinajstić information content (AvgIpc) is 3.28. The number of aliphatic hydroxyl groups is 1. The summed E-state index contributed by atoms with van der Waals surface area (Å²) in [7, 11) is 0.